The van der Waals surface area contributed by atoms with Crippen LogP contribution in [-0.2, 0) is 0 Å². The molecule has 0 bridgehead atoms. The van der Waals surface area contributed by atoms with E-state index in [4.69, 9.17) is 0 Å². The summed E-state index contributed by atoms with van der Waals surface area (Å²) in [5.41, 5.74) is 2.36. The maximum Gasteiger partial charge on any atom is 2.00 e. The largest absolute Gasteiger partial charge is 2.00 e. The van der Waals surface area contributed by atoms with Crippen LogP contribution in [0.15, 0.2) is 48.5 Å². The van der Waals surface area contributed by atoms with Gasteiger partial charge in [0.05, 0.1) is 11.9 Å². The van der Waals surface area contributed by atoms with Gasteiger partial charge in [-0.15, -0.1) is 0 Å². The van der Waals surface area contributed by atoms with Crippen molar-refractivity contribution in [1.82, 2.24) is 0 Å². The van der Waals surface area contributed by atoms with Crippen LogP contribution in [0.4, 0.5) is 0 Å². The first-order valence-corrected chi connectivity index (χ1v) is 8.93. The summed E-state index contributed by atoms with van der Waals surface area (Å²) in [6.45, 7) is 8.11. The van der Waals surface area contributed by atoms with Gasteiger partial charge in [-0.2, -0.15) is 0 Å². The van der Waals surface area contributed by atoms with E-state index in [0.717, 1.165) is 24.0 Å². The summed E-state index contributed by atoms with van der Waals surface area (Å²) >= 11 is 0. The van der Waals surface area contributed by atoms with E-state index in [1.165, 1.54) is 0 Å². The van der Waals surface area contributed by atoms with E-state index < -0.39 is 11.9 Å². The number of carbonyl (C=O) groups is 2. The number of carbonyl (C=O) groups excluding carboxylic acids is 2. The standard InChI is InChI=1S/2C11H14O2.Pb/c2*1-3-8(2)9-6-4-5-7-10(9)11(12)13;/h2*4-8H,3H2,1-2H3,(H,12,13);/q;;+2/p-2. The Kier molecular flexibility index (Phi) is 11.9. The molecule has 0 aromatic heterocycles. The molecule has 4 nitrogen and oxygen atoms in total. The predicted octanol–water partition coefficient (Wildman–Crippen LogP) is 2.75. The molecule has 142 valence electrons. The van der Waals surface area contributed by atoms with Gasteiger partial charge in [-0.05, 0) is 35.8 Å². The van der Waals surface area contributed by atoms with E-state index in [0.29, 0.717) is 11.1 Å². The van der Waals surface area contributed by atoms with Crippen LogP contribution in [0.5, 0.6) is 0 Å². The first-order chi connectivity index (χ1) is 12.3. The first-order valence-electron chi connectivity index (χ1n) is 8.93. The summed E-state index contributed by atoms with van der Waals surface area (Å²) in [4.78, 5) is 21.5. The van der Waals surface area contributed by atoms with Crippen LogP contribution in [0.1, 0.15) is 84.2 Å². The van der Waals surface area contributed by atoms with Gasteiger partial charge in [0.1, 0.15) is 0 Å². The molecular weight excluding hydrogens is 535 g/mol. The number of carboxylic acids is 2. The van der Waals surface area contributed by atoms with Crippen LogP contribution in [0.2, 0.25) is 0 Å². The number of hydrogen-bond donors (Lipinski definition) is 0. The Labute approximate surface area is 181 Å². The van der Waals surface area contributed by atoms with Crippen molar-refractivity contribution < 1.29 is 19.8 Å². The van der Waals surface area contributed by atoms with Crippen molar-refractivity contribution in [1.29, 1.82) is 0 Å². The quantitative estimate of drug-likeness (QED) is 0.508. The SMILES string of the molecule is CCC(C)c1ccccc1C(=O)[O-].CCC(C)c1ccccc1C(=O)[O-].[Pb+2]. The molecule has 0 amide bonds. The van der Waals surface area contributed by atoms with Gasteiger partial charge >= 0.3 is 27.3 Å². The number of carboxylic acid groups (broad SMARTS) is 2. The van der Waals surface area contributed by atoms with Crippen molar-refractivity contribution in [3.05, 3.63) is 70.8 Å². The van der Waals surface area contributed by atoms with Gasteiger partial charge in [-0.1, -0.05) is 76.2 Å². The minimum Gasteiger partial charge on any atom is -0.545 e. The fourth-order valence-electron chi connectivity index (χ4n) is 2.67. The minimum absolute atomic E-state index is 0. The van der Waals surface area contributed by atoms with Gasteiger partial charge in [0.2, 0.25) is 0 Å². The van der Waals surface area contributed by atoms with Crippen LogP contribution in [0, 0.1) is 0 Å². The Bertz CT molecular complexity index is 679. The van der Waals surface area contributed by atoms with Gasteiger partial charge < -0.3 is 19.8 Å². The normalized spacial score (nSPS) is 12.0. The second-order valence-electron chi connectivity index (χ2n) is 6.37. The molecule has 0 saturated carbocycles. The van der Waals surface area contributed by atoms with Crippen LogP contribution in [-0.4, -0.2) is 39.2 Å². The first kappa shape index (κ1) is 25.3. The molecule has 0 N–H and O–H groups in total. The second-order valence-corrected chi connectivity index (χ2v) is 6.37. The topological polar surface area (TPSA) is 80.3 Å². The second kappa shape index (κ2) is 12.6. The fraction of sp³-hybridized carbons (Fsp3) is 0.364. The molecule has 2 aromatic carbocycles. The van der Waals surface area contributed by atoms with Crippen LogP contribution >= 0.6 is 0 Å². The minimum atomic E-state index is -1.09. The zero-order valence-electron chi connectivity index (χ0n) is 16.3. The molecule has 0 fully saturated rings. The van der Waals surface area contributed by atoms with Gasteiger partial charge in [0.15, 0.2) is 0 Å². The van der Waals surface area contributed by atoms with Crippen molar-refractivity contribution in [2.75, 3.05) is 0 Å². The summed E-state index contributed by atoms with van der Waals surface area (Å²) in [6.07, 6.45) is 1.87. The summed E-state index contributed by atoms with van der Waals surface area (Å²) < 4.78 is 0. The Morgan fingerprint density at radius 2 is 1.04 bits per heavy atom. The molecule has 2 unspecified atom stereocenters. The van der Waals surface area contributed by atoms with Crippen molar-refractivity contribution in [3.63, 3.8) is 0 Å². The summed E-state index contributed by atoms with van der Waals surface area (Å²) in [5, 5.41) is 21.5. The van der Waals surface area contributed by atoms with Crippen molar-refractivity contribution in [2.45, 2.75) is 52.4 Å². The van der Waals surface area contributed by atoms with Crippen molar-refractivity contribution >= 4 is 39.2 Å². The van der Waals surface area contributed by atoms with Crippen LogP contribution in [0.25, 0.3) is 0 Å². The molecule has 0 aliphatic heterocycles. The Morgan fingerprint density at radius 1 is 0.741 bits per heavy atom. The summed E-state index contributed by atoms with van der Waals surface area (Å²) in [6, 6.07) is 14.0. The van der Waals surface area contributed by atoms with Crippen LogP contribution < -0.4 is 10.2 Å². The average molecular weight is 562 g/mol. The van der Waals surface area contributed by atoms with Crippen LogP contribution in [0.3, 0.4) is 0 Å². The molecule has 2 atom stereocenters. The molecule has 0 spiro atoms. The summed E-state index contributed by atoms with van der Waals surface area (Å²) in [7, 11) is 0. The molecule has 0 aliphatic rings. The van der Waals surface area contributed by atoms with Crippen molar-refractivity contribution in [3.8, 4) is 0 Å². The zero-order chi connectivity index (χ0) is 19.7. The molecule has 2 rings (SSSR count). The van der Waals surface area contributed by atoms with E-state index in [-0.39, 0.29) is 39.1 Å². The monoisotopic (exact) mass is 562 g/mol. The van der Waals surface area contributed by atoms with Gasteiger partial charge in [0.25, 0.3) is 0 Å². The Morgan fingerprint density at radius 3 is 1.30 bits per heavy atom. The molecular formula is C22H26O4Pb. The van der Waals surface area contributed by atoms with E-state index in [1.54, 1.807) is 24.3 Å². The van der Waals surface area contributed by atoms with E-state index >= 15 is 0 Å². The average Bonchev–Trinajstić information content (AvgIpc) is 2.67. The molecule has 27 heavy (non-hydrogen) atoms. The Hall–Kier alpha value is -1.70. The third-order valence-electron chi connectivity index (χ3n) is 4.65. The molecule has 2 aromatic rings. The van der Waals surface area contributed by atoms with E-state index in [2.05, 4.69) is 0 Å². The smallest absolute Gasteiger partial charge is 0.545 e. The molecule has 5 heteroatoms. The zero-order valence-corrected chi connectivity index (χ0v) is 20.2. The Balaban J connectivity index is 0.000000483. The maximum atomic E-state index is 10.7. The van der Waals surface area contributed by atoms with Gasteiger partial charge in [0, 0.05) is 11.1 Å². The number of benzene rings is 2. The van der Waals surface area contributed by atoms with E-state index in [1.807, 2.05) is 52.0 Å². The molecule has 2 radical (unpaired) electrons. The molecule has 0 heterocycles. The number of rotatable bonds is 6. The van der Waals surface area contributed by atoms with E-state index in [9.17, 15) is 19.8 Å². The molecule has 0 aliphatic carbocycles. The third kappa shape index (κ3) is 7.44. The molecule has 0 saturated heterocycles. The van der Waals surface area contributed by atoms with Gasteiger partial charge in [-0.3, -0.25) is 0 Å². The predicted molar refractivity (Wildman–Crippen MR) is 105 cm³/mol. The third-order valence-corrected chi connectivity index (χ3v) is 4.65. The fourth-order valence-corrected chi connectivity index (χ4v) is 2.67. The van der Waals surface area contributed by atoms with Crippen molar-refractivity contribution in [2.24, 2.45) is 0 Å². The summed E-state index contributed by atoms with van der Waals surface area (Å²) in [5.74, 6) is -1.63. The maximum absolute atomic E-state index is 10.7. The number of aromatic carboxylic acids is 2. The number of hydrogen-bond acceptors (Lipinski definition) is 4. The van der Waals surface area contributed by atoms with Gasteiger partial charge in [-0.25, -0.2) is 0 Å².